The molecular formula is C9H8F13P. The van der Waals surface area contributed by atoms with Crippen molar-refractivity contribution in [2.24, 2.45) is 0 Å². The predicted molar refractivity (Wildman–Crippen MR) is 54.5 cm³/mol. The highest BCUT2D eigenvalue weighted by Gasteiger charge is 2.90. The quantitative estimate of drug-likeness (QED) is 0.400. The molecule has 1 unspecified atom stereocenters. The SMILES string of the molecule is CPCCC(F)(F)C(F)(F)C(F)(F)C(F)(F)C(F)(F)C(F)(F)F. The van der Waals surface area contributed by atoms with Crippen molar-refractivity contribution >= 4 is 8.58 Å². The molecule has 0 saturated heterocycles. The van der Waals surface area contributed by atoms with Gasteiger partial charge in [-0.05, 0) is 12.8 Å². The van der Waals surface area contributed by atoms with E-state index >= 15 is 0 Å². The molecule has 0 saturated carbocycles. The first-order valence-corrected chi connectivity index (χ1v) is 7.12. The van der Waals surface area contributed by atoms with Crippen LogP contribution in [0.5, 0.6) is 0 Å². The predicted octanol–water partition coefficient (Wildman–Crippen LogP) is 5.42. The molecule has 0 amide bonds. The maximum Gasteiger partial charge on any atom is 0.460 e. The average molecular weight is 394 g/mol. The summed E-state index contributed by atoms with van der Waals surface area (Å²) in [5, 5.41) is 0. The van der Waals surface area contributed by atoms with E-state index in [0.717, 1.165) is 6.66 Å². The van der Waals surface area contributed by atoms with E-state index in [-0.39, 0.29) is 0 Å². The van der Waals surface area contributed by atoms with Crippen molar-refractivity contribution in [2.45, 2.75) is 42.2 Å². The van der Waals surface area contributed by atoms with Crippen molar-refractivity contribution in [1.29, 1.82) is 0 Å². The van der Waals surface area contributed by atoms with Crippen molar-refractivity contribution < 1.29 is 57.1 Å². The van der Waals surface area contributed by atoms with Crippen molar-refractivity contribution in [3.8, 4) is 0 Å². The summed E-state index contributed by atoms with van der Waals surface area (Å²) < 4.78 is 164. The molecule has 140 valence electrons. The zero-order chi connectivity index (χ0) is 19.1. The van der Waals surface area contributed by atoms with Gasteiger partial charge in [0.2, 0.25) is 0 Å². The van der Waals surface area contributed by atoms with E-state index < -0.39 is 57.0 Å². The van der Waals surface area contributed by atoms with E-state index in [1.807, 2.05) is 0 Å². The highest BCUT2D eigenvalue weighted by atomic mass is 31.1. The number of alkyl halides is 13. The van der Waals surface area contributed by atoms with E-state index in [1.54, 1.807) is 0 Å². The molecule has 0 aromatic heterocycles. The molecule has 1 atom stereocenters. The van der Waals surface area contributed by atoms with Crippen LogP contribution in [0.1, 0.15) is 6.42 Å². The molecule has 0 radical (unpaired) electrons. The first-order chi connectivity index (χ1) is 9.81. The van der Waals surface area contributed by atoms with Crippen molar-refractivity contribution in [1.82, 2.24) is 0 Å². The van der Waals surface area contributed by atoms with Gasteiger partial charge in [0.05, 0.1) is 0 Å². The zero-order valence-electron chi connectivity index (χ0n) is 10.8. The number of hydrogen-bond donors (Lipinski definition) is 0. The van der Waals surface area contributed by atoms with Crippen LogP contribution in [-0.4, -0.2) is 48.6 Å². The molecule has 0 fully saturated rings. The third-order valence-corrected chi connectivity index (χ3v) is 3.44. The molecule has 0 nitrogen and oxygen atoms in total. The van der Waals surface area contributed by atoms with Gasteiger partial charge in [0.1, 0.15) is 0 Å². The molecule has 23 heavy (non-hydrogen) atoms. The Morgan fingerprint density at radius 3 is 1.22 bits per heavy atom. The van der Waals surface area contributed by atoms with Gasteiger partial charge in [-0.25, -0.2) is 0 Å². The largest absolute Gasteiger partial charge is 0.460 e. The molecule has 0 aliphatic heterocycles. The minimum absolute atomic E-state index is 0.513. The summed E-state index contributed by atoms with van der Waals surface area (Å²) in [5.74, 6) is -36.2. The normalized spacial score (nSPS) is 16.4. The van der Waals surface area contributed by atoms with E-state index in [4.69, 9.17) is 0 Å². The lowest BCUT2D eigenvalue weighted by molar-refractivity contribution is -0.439. The standard InChI is InChI=1S/C9H8F13P/c1-23-3-2-4(10,11)5(12,13)6(14,15)7(16,17)8(18,19)9(20,21)22/h23H,2-3H2,1H3. The van der Waals surface area contributed by atoms with Crippen LogP contribution in [0.2, 0.25) is 0 Å². The molecule has 0 spiro atoms. The monoisotopic (exact) mass is 394 g/mol. The Morgan fingerprint density at radius 1 is 0.565 bits per heavy atom. The van der Waals surface area contributed by atoms with E-state index in [9.17, 15) is 57.1 Å². The van der Waals surface area contributed by atoms with Gasteiger partial charge < -0.3 is 0 Å². The first-order valence-electron chi connectivity index (χ1n) is 5.41. The van der Waals surface area contributed by atoms with Crippen LogP contribution >= 0.6 is 8.58 Å². The summed E-state index contributed by atoms with van der Waals surface area (Å²) in [7, 11) is -0.513. The maximum absolute atomic E-state index is 13.0. The van der Waals surface area contributed by atoms with E-state index in [1.165, 1.54) is 0 Å². The summed E-state index contributed by atoms with van der Waals surface area (Å²) >= 11 is 0. The fourth-order valence-electron chi connectivity index (χ4n) is 1.24. The molecule has 0 aliphatic rings. The molecule has 0 heterocycles. The van der Waals surface area contributed by atoms with Crippen LogP contribution in [0.3, 0.4) is 0 Å². The fraction of sp³-hybridized carbons (Fsp3) is 1.00. The van der Waals surface area contributed by atoms with E-state index in [0.29, 0.717) is 0 Å². The Kier molecular flexibility index (Phi) is 5.98. The molecule has 0 bridgehead atoms. The molecule has 0 N–H and O–H groups in total. The van der Waals surface area contributed by atoms with Gasteiger partial charge in [-0.3, -0.25) is 0 Å². The third-order valence-electron chi connectivity index (χ3n) is 2.69. The lowest BCUT2D eigenvalue weighted by Crippen LogP contribution is -2.70. The minimum atomic E-state index is -7.81. The summed E-state index contributed by atoms with van der Waals surface area (Å²) in [6.07, 6.45) is -10.3. The van der Waals surface area contributed by atoms with Gasteiger partial charge in [0.25, 0.3) is 0 Å². The highest BCUT2D eigenvalue weighted by Crippen LogP contribution is 2.60. The molecule has 0 aromatic rings. The van der Waals surface area contributed by atoms with Crippen LogP contribution in [-0.2, 0) is 0 Å². The number of hydrogen-bond acceptors (Lipinski definition) is 0. The first kappa shape index (κ1) is 22.5. The summed E-state index contributed by atoms with van der Waals surface area (Å²) in [4.78, 5) is 0. The summed E-state index contributed by atoms with van der Waals surface area (Å²) in [5.41, 5.74) is 0. The Balaban J connectivity index is 6.03. The Morgan fingerprint density at radius 2 is 0.913 bits per heavy atom. The van der Waals surface area contributed by atoms with Crippen LogP contribution in [0.4, 0.5) is 57.1 Å². The Hall–Kier alpha value is -0.480. The van der Waals surface area contributed by atoms with Gasteiger partial charge in [-0.1, -0.05) is 0 Å². The van der Waals surface area contributed by atoms with Gasteiger partial charge in [-0.2, -0.15) is 57.1 Å². The second-order valence-corrected chi connectivity index (χ2v) is 5.56. The van der Waals surface area contributed by atoms with Crippen LogP contribution in [0.25, 0.3) is 0 Å². The number of halogens is 13. The van der Waals surface area contributed by atoms with Crippen LogP contribution in [0.15, 0.2) is 0 Å². The third kappa shape index (κ3) is 3.34. The van der Waals surface area contributed by atoms with Gasteiger partial charge in [0, 0.05) is 6.42 Å². The Bertz CT molecular complexity index is 410. The van der Waals surface area contributed by atoms with Crippen LogP contribution < -0.4 is 0 Å². The van der Waals surface area contributed by atoms with E-state index in [2.05, 4.69) is 0 Å². The van der Waals surface area contributed by atoms with Gasteiger partial charge in [0.15, 0.2) is 0 Å². The lowest BCUT2D eigenvalue weighted by Gasteiger charge is -2.39. The topological polar surface area (TPSA) is 0 Å². The lowest BCUT2D eigenvalue weighted by atomic mass is 9.93. The second-order valence-electron chi connectivity index (χ2n) is 4.35. The summed E-state index contributed by atoms with van der Waals surface area (Å²) in [6.45, 7) is 1.15. The van der Waals surface area contributed by atoms with Gasteiger partial charge >= 0.3 is 35.8 Å². The van der Waals surface area contributed by atoms with Gasteiger partial charge in [-0.15, -0.1) is 8.58 Å². The smallest absolute Gasteiger partial charge is 0.200 e. The molecule has 0 aromatic carbocycles. The van der Waals surface area contributed by atoms with Crippen molar-refractivity contribution in [2.75, 3.05) is 12.8 Å². The zero-order valence-corrected chi connectivity index (χ0v) is 11.8. The highest BCUT2D eigenvalue weighted by molar-refractivity contribution is 7.36. The van der Waals surface area contributed by atoms with Crippen molar-refractivity contribution in [3.63, 3.8) is 0 Å². The van der Waals surface area contributed by atoms with Crippen LogP contribution in [0, 0.1) is 0 Å². The number of rotatable bonds is 7. The fourth-order valence-corrected chi connectivity index (χ4v) is 1.80. The minimum Gasteiger partial charge on any atom is -0.200 e. The molecular weight excluding hydrogens is 386 g/mol. The molecule has 0 aliphatic carbocycles. The molecule has 14 heteroatoms. The molecule has 0 rings (SSSR count). The second kappa shape index (κ2) is 6.11. The Labute approximate surface area is 122 Å². The van der Waals surface area contributed by atoms with Crippen molar-refractivity contribution in [3.05, 3.63) is 0 Å². The average Bonchev–Trinajstić information content (AvgIpc) is 2.34. The summed E-state index contributed by atoms with van der Waals surface area (Å²) in [6, 6.07) is 0. The maximum atomic E-state index is 13.0.